The van der Waals surface area contributed by atoms with Gasteiger partial charge in [-0.3, -0.25) is 4.79 Å². The fourth-order valence-corrected chi connectivity index (χ4v) is 1.74. The summed E-state index contributed by atoms with van der Waals surface area (Å²) < 4.78 is 0. The summed E-state index contributed by atoms with van der Waals surface area (Å²) in [6.45, 7) is 2.00. The number of hydrogen-bond acceptors (Lipinski definition) is 2. The van der Waals surface area contributed by atoms with Crippen molar-refractivity contribution in [2.24, 2.45) is 17.6 Å². The minimum Gasteiger partial charge on any atom is -0.399 e. The van der Waals surface area contributed by atoms with Gasteiger partial charge in [-0.2, -0.15) is 0 Å². The van der Waals surface area contributed by atoms with Crippen LogP contribution in [0.25, 0.3) is 0 Å². The Bertz CT molecular complexity index is 339. The molecule has 3 heteroatoms. The van der Waals surface area contributed by atoms with Crippen molar-refractivity contribution in [2.45, 2.75) is 6.92 Å². The topological polar surface area (TPSA) is 55.1 Å². The maximum atomic E-state index is 11.4. The Morgan fingerprint density at radius 2 is 2.23 bits per heavy atom. The van der Waals surface area contributed by atoms with Crippen LogP contribution in [-0.2, 0) is 4.79 Å². The molecule has 0 aromatic heterocycles. The first-order valence-electron chi connectivity index (χ1n) is 4.31. The molecular weight excluding hydrogens is 164 g/mol. The number of nitrogens with two attached hydrogens (primary N) is 1. The van der Waals surface area contributed by atoms with Crippen LogP contribution in [0.15, 0.2) is 35.7 Å². The lowest BCUT2D eigenvalue weighted by atomic mass is 9.80. The van der Waals surface area contributed by atoms with Gasteiger partial charge in [0, 0.05) is 17.8 Å². The molecule has 1 aliphatic carbocycles. The summed E-state index contributed by atoms with van der Waals surface area (Å²) in [7, 11) is 0. The Morgan fingerprint density at radius 3 is 3.00 bits per heavy atom. The van der Waals surface area contributed by atoms with Crippen LogP contribution in [0, 0.1) is 11.8 Å². The van der Waals surface area contributed by atoms with E-state index in [2.05, 4.69) is 5.32 Å². The van der Waals surface area contributed by atoms with E-state index >= 15 is 0 Å². The van der Waals surface area contributed by atoms with E-state index in [1.807, 2.05) is 19.1 Å². The van der Waals surface area contributed by atoms with Gasteiger partial charge in [0.25, 0.3) is 0 Å². The Kier molecular flexibility index (Phi) is 1.72. The molecule has 2 unspecified atom stereocenters. The SMILES string of the molecule is CC1=CNC(=O)C2C=CC(N)=CC12. The number of nitrogens with one attached hydrogen (secondary N) is 1. The van der Waals surface area contributed by atoms with Crippen LogP contribution in [0.3, 0.4) is 0 Å². The van der Waals surface area contributed by atoms with Crippen LogP contribution in [0.2, 0.25) is 0 Å². The summed E-state index contributed by atoms with van der Waals surface area (Å²) in [5.74, 6) is 0.131. The predicted molar refractivity (Wildman–Crippen MR) is 50.3 cm³/mol. The van der Waals surface area contributed by atoms with E-state index in [1.54, 1.807) is 12.3 Å². The highest BCUT2D eigenvalue weighted by molar-refractivity contribution is 5.84. The lowest BCUT2D eigenvalue weighted by Crippen LogP contribution is -2.37. The third kappa shape index (κ3) is 1.26. The molecule has 1 amide bonds. The highest BCUT2D eigenvalue weighted by atomic mass is 16.1. The second kappa shape index (κ2) is 2.76. The van der Waals surface area contributed by atoms with Gasteiger partial charge in [-0.05, 0) is 18.6 Å². The number of hydrogen-bond donors (Lipinski definition) is 2. The van der Waals surface area contributed by atoms with Crippen LogP contribution < -0.4 is 11.1 Å². The molecule has 0 radical (unpaired) electrons. The number of carbonyl (C=O) groups excluding carboxylic acids is 1. The molecule has 0 spiro atoms. The smallest absolute Gasteiger partial charge is 0.231 e. The molecule has 0 saturated carbocycles. The zero-order chi connectivity index (χ0) is 9.42. The third-order valence-electron chi connectivity index (χ3n) is 2.53. The second-order valence-electron chi connectivity index (χ2n) is 3.47. The molecule has 2 atom stereocenters. The van der Waals surface area contributed by atoms with Crippen molar-refractivity contribution < 1.29 is 4.79 Å². The van der Waals surface area contributed by atoms with E-state index in [0.717, 1.165) is 11.3 Å². The van der Waals surface area contributed by atoms with Crippen molar-refractivity contribution in [1.82, 2.24) is 5.32 Å². The van der Waals surface area contributed by atoms with Crippen LogP contribution in [-0.4, -0.2) is 5.91 Å². The highest BCUT2D eigenvalue weighted by Crippen LogP contribution is 2.30. The lowest BCUT2D eigenvalue weighted by Gasteiger charge is -2.28. The van der Waals surface area contributed by atoms with Gasteiger partial charge < -0.3 is 11.1 Å². The van der Waals surface area contributed by atoms with Crippen LogP contribution in [0.1, 0.15) is 6.92 Å². The fourth-order valence-electron chi connectivity index (χ4n) is 1.74. The van der Waals surface area contributed by atoms with E-state index in [1.165, 1.54) is 0 Å². The van der Waals surface area contributed by atoms with Gasteiger partial charge in [0.05, 0.1) is 5.92 Å². The monoisotopic (exact) mass is 176 g/mol. The zero-order valence-corrected chi connectivity index (χ0v) is 7.45. The fraction of sp³-hybridized carbons (Fsp3) is 0.300. The van der Waals surface area contributed by atoms with Crippen LogP contribution in [0.4, 0.5) is 0 Å². The average molecular weight is 176 g/mol. The Labute approximate surface area is 77.0 Å². The van der Waals surface area contributed by atoms with Gasteiger partial charge in [-0.1, -0.05) is 12.2 Å². The van der Waals surface area contributed by atoms with Gasteiger partial charge >= 0.3 is 0 Å². The van der Waals surface area contributed by atoms with Gasteiger partial charge in [-0.25, -0.2) is 0 Å². The van der Waals surface area contributed by atoms with E-state index in [9.17, 15) is 4.79 Å². The van der Waals surface area contributed by atoms with Gasteiger partial charge in [0.2, 0.25) is 5.91 Å². The van der Waals surface area contributed by atoms with Crippen molar-refractivity contribution in [2.75, 3.05) is 0 Å². The molecule has 0 fully saturated rings. The summed E-state index contributed by atoms with van der Waals surface area (Å²) in [4.78, 5) is 11.4. The molecule has 2 rings (SSSR count). The maximum Gasteiger partial charge on any atom is 0.231 e. The highest BCUT2D eigenvalue weighted by Gasteiger charge is 2.30. The molecule has 2 aliphatic rings. The number of allylic oxidation sites excluding steroid dienone is 3. The molecule has 0 saturated heterocycles. The quantitative estimate of drug-likeness (QED) is 0.569. The van der Waals surface area contributed by atoms with Gasteiger partial charge in [0.15, 0.2) is 0 Å². The van der Waals surface area contributed by atoms with Crippen LogP contribution in [0.5, 0.6) is 0 Å². The Balaban J connectivity index is 2.38. The van der Waals surface area contributed by atoms with Crippen molar-refractivity contribution in [3.05, 3.63) is 35.7 Å². The van der Waals surface area contributed by atoms with Crippen molar-refractivity contribution in [3.8, 4) is 0 Å². The summed E-state index contributed by atoms with van der Waals surface area (Å²) >= 11 is 0. The number of amides is 1. The standard InChI is InChI=1S/C10H12N2O/c1-6-5-12-10(13)8-3-2-7(11)4-9(6)8/h2-5,8-9H,11H2,1H3,(H,12,13). The lowest BCUT2D eigenvalue weighted by molar-refractivity contribution is -0.123. The maximum absolute atomic E-state index is 11.4. The van der Waals surface area contributed by atoms with E-state index in [4.69, 9.17) is 5.73 Å². The largest absolute Gasteiger partial charge is 0.399 e. The van der Waals surface area contributed by atoms with Crippen molar-refractivity contribution in [3.63, 3.8) is 0 Å². The summed E-state index contributed by atoms with van der Waals surface area (Å²) in [6.07, 6.45) is 7.35. The summed E-state index contributed by atoms with van der Waals surface area (Å²) in [6, 6.07) is 0. The minimum atomic E-state index is -0.0719. The number of fused-ring (bicyclic) bond motifs is 1. The van der Waals surface area contributed by atoms with E-state index in [-0.39, 0.29) is 17.7 Å². The Hall–Kier alpha value is -1.51. The first kappa shape index (κ1) is 8.10. The van der Waals surface area contributed by atoms with Crippen molar-refractivity contribution in [1.29, 1.82) is 0 Å². The van der Waals surface area contributed by atoms with Gasteiger partial charge in [0.1, 0.15) is 0 Å². The van der Waals surface area contributed by atoms with Crippen LogP contribution >= 0.6 is 0 Å². The van der Waals surface area contributed by atoms with Gasteiger partial charge in [-0.15, -0.1) is 0 Å². The average Bonchev–Trinajstić information content (AvgIpc) is 2.12. The van der Waals surface area contributed by atoms with Crippen molar-refractivity contribution >= 4 is 5.91 Å². The Morgan fingerprint density at radius 1 is 1.46 bits per heavy atom. The number of rotatable bonds is 0. The first-order valence-corrected chi connectivity index (χ1v) is 4.31. The van der Waals surface area contributed by atoms with E-state index < -0.39 is 0 Å². The number of carbonyl (C=O) groups is 1. The minimum absolute atomic E-state index is 0.0515. The zero-order valence-electron chi connectivity index (χ0n) is 7.45. The summed E-state index contributed by atoms with van der Waals surface area (Å²) in [5, 5.41) is 2.72. The molecule has 0 aromatic rings. The molecule has 1 heterocycles. The molecule has 3 N–H and O–H groups in total. The molecular formula is C10H12N2O. The second-order valence-corrected chi connectivity index (χ2v) is 3.47. The first-order chi connectivity index (χ1) is 6.18. The molecule has 13 heavy (non-hydrogen) atoms. The molecule has 1 aliphatic heterocycles. The summed E-state index contributed by atoms with van der Waals surface area (Å²) in [5.41, 5.74) is 7.55. The molecule has 0 bridgehead atoms. The third-order valence-corrected chi connectivity index (χ3v) is 2.53. The predicted octanol–water partition coefficient (Wildman–Crippen LogP) is 0.665. The molecule has 0 aromatic carbocycles. The van der Waals surface area contributed by atoms with E-state index in [0.29, 0.717) is 0 Å². The normalized spacial score (nSPS) is 31.6. The molecule has 68 valence electrons. The molecule has 3 nitrogen and oxygen atoms in total.